The van der Waals surface area contributed by atoms with Crippen LogP contribution in [0.3, 0.4) is 0 Å². The lowest BCUT2D eigenvalue weighted by Crippen LogP contribution is -2.52. The topological polar surface area (TPSA) is 123 Å². The molecule has 3 aliphatic rings. The summed E-state index contributed by atoms with van der Waals surface area (Å²) < 4.78 is 30.8. The maximum Gasteiger partial charge on any atom is 0.252 e. The fourth-order valence-electron chi connectivity index (χ4n) is 4.31. The average molecular weight is 458 g/mol. The fourth-order valence-corrected chi connectivity index (χ4v) is 4.31. The first kappa shape index (κ1) is 22.0. The third-order valence-corrected chi connectivity index (χ3v) is 6.54. The molecule has 33 heavy (non-hydrogen) atoms. The quantitative estimate of drug-likeness (QED) is 0.485. The van der Waals surface area contributed by atoms with Crippen LogP contribution < -0.4 is 22.1 Å². The first-order valence-electron chi connectivity index (χ1n) is 11.5. The second-order valence-corrected chi connectivity index (χ2v) is 9.45. The molecule has 0 saturated heterocycles. The van der Waals surface area contributed by atoms with E-state index in [-0.39, 0.29) is 29.5 Å². The van der Waals surface area contributed by atoms with Crippen molar-refractivity contribution in [3.05, 3.63) is 35.8 Å². The molecule has 5 rings (SSSR count). The maximum absolute atomic E-state index is 14.9. The summed E-state index contributed by atoms with van der Waals surface area (Å²) in [6.45, 7) is 1.89. The smallest absolute Gasteiger partial charge is 0.252 e. The normalized spacial score (nSPS) is 24.8. The molecule has 0 bridgehead atoms. The van der Waals surface area contributed by atoms with E-state index < -0.39 is 24.2 Å². The van der Waals surface area contributed by atoms with Crippen molar-refractivity contribution >= 4 is 28.3 Å². The number of fused-ring (bicyclic) bond motifs is 1. The Kier molecular flexibility index (Phi) is 5.65. The number of nitrogens with zero attached hydrogens (tertiary/aromatic N) is 3. The van der Waals surface area contributed by atoms with Gasteiger partial charge in [-0.15, -0.1) is 5.10 Å². The number of halogens is 2. The Morgan fingerprint density at radius 3 is 2.70 bits per heavy atom. The Balaban J connectivity index is 1.42. The third kappa shape index (κ3) is 4.63. The number of benzene rings is 1. The van der Waals surface area contributed by atoms with E-state index in [4.69, 9.17) is 11.5 Å². The van der Waals surface area contributed by atoms with Crippen molar-refractivity contribution in [2.45, 2.75) is 69.5 Å². The van der Waals surface area contributed by atoms with E-state index in [1.54, 1.807) is 22.9 Å². The number of carbonyl (C=O) groups is 1. The molecule has 4 atom stereocenters. The molecule has 8 nitrogen and oxygen atoms in total. The van der Waals surface area contributed by atoms with Crippen LogP contribution >= 0.6 is 0 Å². The number of amides is 1. The van der Waals surface area contributed by atoms with Crippen LogP contribution in [0.25, 0.3) is 10.9 Å². The summed E-state index contributed by atoms with van der Waals surface area (Å²) in [7, 11) is 0. The van der Waals surface area contributed by atoms with Gasteiger partial charge in [0.25, 0.3) is 5.91 Å². The van der Waals surface area contributed by atoms with Gasteiger partial charge in [-0.2, -0.15) is 4.39 Å². The second-order valence-electron chi connectivity index (χ2n) is 9.45. The van der Waals surface area contributed by atoms with Crippen molar-refractivity contribution in [1.82, 2.24) is 15.1 Å². The molecule has 0 spiro atoms. The minimum atomic E-state index is -1.52. The molecule has 2 unspecified atom stereocenters. The number of nitrogens with two attached hydrogens (primary N) is 2. The lowest BCUT2D eigenvalue weighted by molar-refractivity contribution is -0.114. The molecule has 6 N–H and O–H groups in total. The Bertz CT molecular complexity index is 1130. The molecule has 1 aromatic heterocycles. The van der Waals surface area contributed by atoms with Crippen LogP contribution in [-0.2, 0) is 4.79 Å². The van der Waals surface area contributed by atoms with E-state index in [0.717, 1.165) is 32.1 Å². The Labute approximate surface area is 190 Å². The highest BCUT2D eigenvalue weighted by Gasteiger charge is 2.34. The number of alkyl halides is 1. The Hall–Kier alpha value is -2.85. The molecule has 2 fully saturated rings. The van der Waals surface area contributed by atoms with Crippen LogP contribution in [0, 0.1) is 11.9 Å². The summed E-state index contributed by atoms with van der Waals surface area (Å²) in [5.74, 6) is -0.518. The molecule has 1 amide bonds. The van der Waals surface area contributed by atoms with Crippen LogP contribution in [0.2, 0.25) is 0 Å². The standard InChI is InChI=1S/C23H29F2N7O/c1-11(26)18(8-12-2-3-12)29-23-17(24)10-16(21(27)33)22(30-23)28-13-4-7-15-19(9-13)32(14-5-6-14)31-20(15)25/h4,7,9-12,14,17-18,23,29H,2-3,5-6,8,26H2,1H3,(H2,27,33)(H,28,30)/t11-,17?,18+,23?/m0/s1. The van der Waals surface area contributed by atoms with Gasteiger partial charge in [0, 0.05) is 17.8 Å². The molecule has 10 heteroatoms. The number of hydrogen-bond donors (Lipinski definition) is 4. The van der Waals surface area contributed by atoms with Gasteiger partial charge < -0.3 is 16.8 Å². The molecule has 2 heterocycles. The number of amidine groups is 1. The van der Waals surface area contributed by atoms with Gasteiger partial charge in [-0.3, -0.25) is 14.8 Å². The van der Waals surface area contributed by atoms with Crippen molar-refractivity contribution in [2.75, 3.05) is 5.32 Å². The predicted octanol–water partition coefficient (Wildman–Crippen LogP) is 2.52. The zero-order chi connectivity index (χ0) is 23.3. The van der Waals surface area contributed by atoms with E-state index in [9.17, 15) is 13.6 Å². The van der Waals surface area contributed by atoms with E-state index in [1.165, 1.54) is 6.08 Å². The number of anilines is 1. The van der Waals surface area contributed by atoms with Crippen molar-refractivity contribution in [3.63, 3.8) is 0 Å². The van der Waals surface area contributed by atoms with Gasteiger partial charge >= 0.3 is 0 Å². The number of aromatic nitrogens is 2. The lowest BCUT2D eigenvalue weighted by Gasteiger charge is -2.30. The summed E-state index contributed by atoms with van der Waals surface area (Å²) in [5.41, 5.74) is 12.8. The highest BCUT2D eigenvalue weighted by Crippen LogP contribution is 2.38. The molecule has 176 valence electrons. The summed E-state index contributed by atoms with van der Waals surface area (Å²) in [6, 6.07) is 4.99. The summed E-state index contributed by atoms with van der Waals surface area (Å²) in [5, 5.41) is 10.8. The van der Waals surface area contributed by atoms with Crippen molar-refractivity contribution in [2.24, 2.45) is 22.4 Å². The van der Waals surface area contributed by atoms with Gasteiger partial charge in [-0.1, -0.05) is 12.8 Å². The van der Waals surface area contributed by atoms with Gasteiger partial charge in [0.2, 0.25) is 5.95 Å². The van der Waals surface area contributed by atoms with Crippen LogP contribution in [-0.4, -0.2) is 45.9 Å². The molecular formula is C23H29F2N7O. The molecular weight excluding hydrogens is 428 g/mol. The van der Waals surface area contributed by atoms with E-state index >= 15 is 0 Å². The van der Waals surface area contributed by atoms with Crippen LogP contribution in [0.5, 0.6) is 0 Å². The maximum atomic E-state index is 14.9. The number of aliphatic imine (C=N–C) groups is 1. The Morgan fingerprint density at radius 2 is 2.06 bits per heavy atom. The molecule has 1 aromatic carbocycles. The Morgan fingerprint density at radius 1 is 1.30 bits per heavy atom. The second kappa shape index (κ2) is 8.49. The summed E-state index contributed by atoms with van der Waals surface area (Å²) in [4.78, 5) is 16.5. The van der Waals surface area contributed by atoms with Crippen LogP contribution in [0.1, 0.15) is 45.1 Å². The largest absolute Gasteiger partial charge is 0.365 e. The molecule has 2 aromatic rings. The van der Waals surface area contributed by atoms with Gasteiger partial charge in [0.05, 0.1) is 22.5 Å². The predicted molar refractivity (Wildman–Crippen MR) is 123 cm³/mol. The van der Waals surface area contributed by atoms with Crippen molar-refractivity contribution in [1.29, 1.82) is 0 Å². The molecule has 2 saturated carbocycles. The monoisotopic (exact) mass is 457 g/mol. The van der Waals surface area contributed by atoms with Crippen molar-refractivity contribution < 1.29 is 13.6 Å². The number of nitrogens with one attached hydrogen (secondary N) is 2. The molecule has 1 aliphatic heterocycles. The number of hydrogen-bond acceptors (Lipinski definition) is 6. The van der Waals surface area contributed by atoms with Gasteiger partial charge in [-0.05, 0) is 56.4 Å². The van der Waals surface area contributed by atoms with E-state index in [2.05, 4.69) is 20.7 Å². The summed E-state index contributed by atoms with van der Waals surface area (Å²) >= 11 is 0. The molecule has 2 aliphatic carbocycles. The lowest BCUT2D eigenvalue weighted by atomic mass is 10.0. The average Bonchev–Trinajstić information content (AvgIpc) is 3.69. The van der Waals surface area contributed by atoms with E-state index in [0.29, 0.717) is 22.5 Å². The minimum absolute atomic E-state index is 0.0259. The third-order valence-electron chi connectivity index (χ3n) is 6.54. The van der Waals surface area contributed by atoms with Crippen LogP contribution in [0.15, 0.2) is 34.8 Å². The number of rotatable bonds is 8. The number of dihydropyridines is 1. The van der Waals surface area contributed by atoms with Crippen molar-refractivity contribution in [3.8, 4) is 0 Å². The first-order valence-corrected chi connectivity index (χ1v) is 11.5. The van der Waals surface area contributed by atoms with E-state index in [1.807, 2.05) is 6.92 Å². The number of carbonyl (C=O) groups excluding carboxylic acids is 1. The molecule has 0 radical (unpaired) electrons. The highest BCUT2D eigenvalue weighted by atomic mass is 19.1. The fraction of sp³-hybridized carbons (Fsp3) is 0.522. The number of primary amides is 1. The minimum Gasteiger partial charge on any atom is -0.365 e. The zero-order valence-electron chi connectivity index (χ0n) is 18.5. The van der Waals surface area contributed by atoms with Gasteiger partial charge in [0.15, 0.2) is 6.17 Å². The zero-order valence-corrected chi connectivity index (χ0v) is 18.5. The summed E-state index contributed by atoms with van der Waals surface area (Å²) in [6.07, 6.45) is 3.88. The van der Waals surface area contributed by atoms with Gasteiger partial charge in [-0.25, -0.2) is 9.38 Å². The first-order chi connectivity index (χ1) is 15.8. The van der Waals surface area contributed by atoms with Gasteiger partial charge in [0.1, 0.15) is 12.0 Å². The SMILES string of the molecule is C[C@H](N)[C@@H](CC1CC1)NC1N=C(Nc2ccc3c(F)nn(C4CC4)c3c2)C(C(N)=O)=CC1F. The highest BCUT2D eigenvalue weighted by molar-refractivity contribution is 6.25. The van der Waals surface area contributed by atoms with Crippen LogP contribution in [0.4, 0.5) is 14.5 Å².